The van der Waals surface area contributed by atoms with Crippen LogP contribution >= 0.6 is 0 Å². The zero-order valence-electron chi connectivity index (χ0n) is 14.2. The second-order valence-electron chi connectivity index (χ2n) is 6.28. The van der Waals surface area contributed by atoms with E-state index < -0.39 is 0 Å². The molecule has 5 heteroatoms. The van der Waals surface area contributed by atoms with Gasteiger partial charge in [0.15, 0.2) is 5.75 Å². The lowest BCUT2D eigenvalue weighted by Crippen LogP contribution is -2.23. The summed E-state index contributed by atoms with van der Waals surface area (Å²) in [6, 6.07) is 17.6. The number of benzene rings is 2. The van der Waals surface area contributed by atoms with Gasteiger partial charge in [-0.3, -0.25) is 9.78 Å². The summed E-state index contributed by atoms with van der Waals surface area (Å²) in [5, 5.41) is 15.3. The standard InChI is InChI=1S/C21H19N3O2/c25-19(23-12-14-6-2-1-3-7-14)11-10-18-21(26)20-16(13-22-18)15-8-4-5-9-17(15)24-20/h1-9,13,24,26H,10-12H2,(H,23,25). The predicted molar refractivity (Wildman–Crippen MR) is 102 cm³/mol. The Labute approximate surface area is 150 Å². The maximum Gasteiger partial charge on any atom is 0.220 e. The summed E-state index contributed by atoms with van der Waals surface area (Å²) in [7, 11) is 0. The lowest BCUT2D eigenvalue weighted by Gasteiger charge is -2.07. The molecule has 5 nitrogen and oxygen atoms in total. The summed E-state index contributed by atoms with van der Waals surface area (Å²) < 4.78 is 0. The number of aromatic hydroxyl groups is 1. The summed E-state index contributed by atoms with van der Waals surface area (Å²) in [5.74, 6) is 0.0568. The van der Waals surface area contributed by atoms with Gasteiger partial charge in [0.2, 0.25) is 5.91 Å². The van der Waals surface area contributed by atoms with Gasteiger partial charge in [-0.2, -0.15) is 0 Å². The number of carbonyl (C=O) groups is 1. The van der Waals surface area contributed by atoms with Gasteiger partial charge in [0, 0.05) is 41.9 Å². The van der Waals surface area contributed by atoms with E-state index in [9.17, 15) is 9.90 Å². The molecule has 0 bridgehead atoms. The minimum atomic E-state index is -0.0632. The summed E-state index contributed by atoms with van der Waals surface area (Å²) in [4.78, 5) is 19.7. The lowest BCUT2D eigenvalue weighted by atomic mass is 10.1. The Bertz CT molecular complexity index is 1070. The van der Waals surface area contributed by atoms with Crippen molar-refractivity contribution in [3.63, 3.8) is 0 Å². The van der Waals surface area contributed by atoms with Crippen LogP contribution in [0.25, 0.3) is 21.8 Å². The number of nitrogens with one attached hydrogen (secondary N) is 2. The fourth-order valence-corrected chi connectivity index (χ4v) is 3.13. The van der Waals surface area contributed by atoms with Gasteiger partial charge < -0.3 is 15.4 Å². The van der Waals surface area contributed by atoms with E-state index in [1.807, 2.05) is 54.6 Å². The minimum absolute atomic E-state index is 0.0632. The third-order valence-corrected chi connectivity index (χ3v) is 4.53. The molecule has 2 aromatic heterocycles. The number of carbonyl (C=O) groups excluding carboxylic acids is 1. The summed E-state index contributed by atoms with van der Waals surface area (Å²) in [6.07, 6.45) is 2.42. The van der Waals surface area contributed by atoms with Gasteiger partial charge in [-0.1, -0.05) is 48.5 Å². The van der Waals surface area contributed by atoms with Crippen LogP contribution in [0.5, 0.6) is 5.75 Å². The number of fused-ring (bicyclic) bond motifs is 3. The summed E-state index contributed by atoms with van der Waals surface area (Å²) in [6.45, 7) is 0.500. The molecule has 0 spiro atoms. The van der Waals surface area contributed by atoms with Crippen molar-refractivity contribution in [2.45, 2.75) is 19.4 Å². The van der Waals surface area contributed by atoms with Crippen LogP contribution in [0.15, 0.2) is 60.8 Å². The Morgan fingerprint density at radius 3 is 2.65 bits per heavy atom. The molecule has 0 unspecified atom stereocenters. The Kier molecular flexibility index (Phi) is 4.27. The minimum Gasteiger partial charge on any atom is -0.504 e. The molecule has 130 valence electrons. The number of para-hydroxylation sites is 1. The normalized spacial score (nSPS) is 11.1. The van der Waals surface area contributed by atoms with Gasteiger partial charge >= 0.3 is 0 Å². The van der Waals surface area contributed by atoms with Gasteiger partial charge in [0.05, 0.1) is 11.2 Å². The third-order valence-electron chi connectivity index (χ3n) is 4.53. The van der Waals surface area contributed by atoms with Crippen LogP contribution in [0, 0.1) is 0 Å². The van der Waals surface area contributed by atoms with Crippen molar-refractivity contribution < 1.29 is 9.90 Å². The number of hydrogen-bond donors (Lipinski definition) is 3. The average Bonchev–Trinajstić information content (AvgIpc) is 3.06. The van der Waals surface area contributed by atoms with E-state index in [0.717, 1.165) is 21.9 Å². The number of aromatic nitrogens is 2. The highest BCUT2D eigenvalue weighted by Crippen LogP contribution is 2.32. The molecular weight excluding hydrogens is 326 g/mol. The maximum atomic E-state index is 12.1. The number of amides is 1. The number of aromatic amines is 1. The second kappa shape index (κ2) is 6.88. The molecule has 0 aliphatic rings. The van der Waals surface area contributed by atoms with Crippen LogP contribution in [0.1, 0.15) is 17.7 Å². The van der Waals surface area contributed by atoms with Crippen LogP contribution in [0.4, 0.5) is 0 Å². The van der Waals surface area contributed by atoms with Crippen LogP contribution < -0.4 is 5.32 Å². The first-order valence-electron chi connectivity index (χ1n) is 8.60. The molecule has 0 saturated carbocycles. The number of H-pyrrole nitrogens is 1. The Morgan fingerprint density at radius 2 is 1.81 bits per heavy atom. The predicted octanol–water partition coefficient (Wildman–Crippen LogP) is 3.67. The smallest absolute Gasteiger partial charge is 0.220 e. The van der Waals surface area contributed by atoms with Crippen molar-refractivity contribution in [2.75, 3.05) is 0 Å². The van der Waals surface area contributed by atoms with Gasteiger partial charge in [-0.15, -0.1) is 0 Å². The van der Waals surface area contributed by atoms with Crippen molar-refractivity contribution >= 4 is 27.7 Å². The fraction of sp³-hybridized carbons (Fsp3) is 0.143. The Hall–Kier alpha value is -3.34. The lowest BCUT2D eigenvalue weighted by molar-refractivity contribution is -0.121. The number of aryl methyl sites for hydroxylation is 1. The molecule has 26 heavy (non-hydrogen) atoms. The first kappa shape index (κ1) is 16.1. The molecule has 4 rings (SSSR count). The zero-order chi connectivity index (χ0) is 17.9. The molecule has 0 aliphatic carbocycles. The van der Waals surface area contributed by atoms with E-state index >= 15 is 0 Å². The number of rotatable bonds is 5. The molecule has 1 amide bonds. The topological polar surface area (TPSA) is 78.0 Å². The molecule has 2 heterocycles. The Balaban J connectivity index is 1.46. The zero-order valence-corrected chi connectivity index (χ0v) is 14.2. The van der Waals surface area contributed by atoms with Crippen LogP contribution in [0.2, 0.25) is 0 Å². The average molecular weight is 345 g/mol. The highest BCUT2D eigenvalue weighted by Gasteiger charge is 2.13. The largest absolute Gasteiger partial charge is 0.504 e. The van der Waals surface area contributed by atoms with E-state index in [1.54, 1.807) is 6.20 Å². The van der Waals surface area contributed by atoms with E-state index in [1.165, 1.54) is 0 Å². The highest BCUT2D eigenvalue weighted by molar-refractivity contribution is 6.08. The summed E-state index contributed by atoms with van der Waals surface area (Å²) in [5.41, 5.74) is 3.21. The molecule has 0 saturated heterocycles. The van der Waals surface area contributed by atoms with Gasteiger partial charge in [0.25, 0.3) is 0 Å². The van der Waals surface area contributed by atoms with Crippen LogP contribution in [0.3, 0.4) is 0 Å². The molecule has 3 N–H and O–H groups in total. The van der Waals surface area contributed by atoms with Crippen molar-refractivity contribution in [1.82, 2.24) is 15.3 Å². The first-order valence-corrected chi connectivity index (χ1v) is 8.60. The highest BCUT2D eigenvalue weighted by atomic mass is 16.3. The molecule has 4 aromatic rings. The molecule has 2 aromatic carbocycles. The third kappa shape index (κ3) is 3.11. The van der Waals surface area contributed by atoms with Crippen molar-refractivity contribution in [1.29, 1.82) is 0 Å². The summed E-state index contributed by atoms with van der Waals surface area (Å²) >= 11 is 0. The van der Waals surface area contributed by atoms with E-state index in [2.05, 4.69) is 15.3 Å². The fourth-order valence-electron chi connectivity index (χ4n) is 3.13. The van der Waals surface area contributed by atoms with E-state index in [4.69, 9.17) is 0 Å². The SMILES string of the molecule is O=C(CCc1ncc2c([nH]c3ccccc32)c1O)NCc1ccccc1. The number of pyridine rings is 1. The molecule has 0 fully saturated rings. The van der Waals surface area contributed by atoms with Crippen molar-refractivity contribution in [3.05, 3.63) is 72.1 Å². The van der Waals surface area contributed by atoms with Gasteiger partial charge in [0.1, 0.15) is 0 Å². The molecule has 0 radical (unpaired) electrons. The van der Waals surface area contributed by atoms with Crippen LogP contribution in [-0.2, 0) is 17.8 Å². The quantitative estimate of drug-likeness (QED) is 0.516. The Morgan fingerprint density at radius 1 is 1.04 bits per heavy atom. The number of nitrogens with zero attached hydrogens (tertiary/aromatic N) is 1. The second-order valence-corrected chi connectivity index (χ2v) is 6.28. The van der Waals surface area contributed by atoms with Crippen molar-refractivity contribution in [2.24, 2.45) is 0 Å². The monoisotopic (exact) mass is 345 g/mol. The maximum absolute atomic E-state index is 12.1. The number of hydrogen-bond acceptors (Lipinski definition) is 3. The van der Waals surface area contributed by atoms with Gasteiger partial charge in [-0.05, 0) is 11.6 Å². The van der Waals surface area contributed by atoms with Gasteiger partial charge in [-0.25, -0.2) is 0 Å². The molecular formula is C21H19N3O2. The van der Waals surface area contributed by atoms with Crippen LogP contribution in [-0.4, -0.2) is 21.0 Å². The van der Waals surface area contributed by atoms with Crippen molar-refractivity contribution in [3.8, 4) is 5.75 Å². The van der Waals surface area contributed by atoms with E-state index in [-0.39, 0.29) is 18.1 Å². The molecule has 0 aliphatic heterocycles. The first-order chi connectivity index (χ1) is 12.7. The molecule has 0 atom stereocenters. The van der Waals surface area contributed by atoms with E-state index in [0.29, 0.717) is 24.2 Å².